The molecule has 19 heavy (non-hydrogen) atoms. The van der Waals surface area contributed by atoms with E-state index in [0.717, 1.165) is 16.9 Å². The molecular formula is C16H15FO2. The van der Waals surface area contributed by atoms with Crippen LogP contribution in [0.2, 0.25) is 0 Å². The summed E-state index contributed by atoms with van der Waals surface area (Å²) in [5.41, 5.74) is 2.28. The van der Waals surface area contributed by atoms with Gasteiger partial charge in [0.05, 0.1) is 0 Å². The Morgan fingerprint density at radius 2 is 2.05 bits per heavy atom. The second-order valence-corrected chi connectivity index (χ2v) is 4.94. The number of halogens is 1. The van der Waals surface area contributed by atoms with Gasteiger partial charge in [0.1, 0.15) is 23.8 Å². The molecule has 1 aliphatic heterocycles. The number of hydrogen-bond donors (Lipinski definition) is 1. The van der Waals surface area contributed by atoms with Crippen LogP contribution >= 0.6 is 0 Å². The molecule has 2 aromatic rings. The molecule has 0 spiro atoms. The molecular weight excluding hydrogens is 243 g/mol. The summed E-state index contributed by atoms with van der Waals surface area (Å²) in [5.74, 6) is 0.386. The Labute approximate surface area is 111 Å². The molecule has 2 nitrogen and oxygen atoms in total. The zero-order valence-corrected chi connectivity index (χ0v) is 10.6. The fraction of sp³-hybridized carbons (Fsp3) is 0.250. The molecule has 1 aliphatic rings. The second-order valence-electron chi connectivity index (χ2n) is 4.94. The highest BCUT2D eigenvalue weighted by Crippen LogP contribution is 2.34. The van der Waals surface area contributed by atoms with E-state index in [1.807, 2.05) is 31.2 Å². The number of benzene rings is 2. The van der Waals surface area contributed by atoms with E-state index >= 15 is 0 Å². The lowest BCUT2D eigenvalue weighted by Gasteiger charge is -2.19. The molecule has 0 fully saturated rings. The van der Waals surface area contributed by atoms with E-state index in [-0.39, 0.29) is 0 Å². The highest BCUT2D eigenvalue weighted by atomic mass is 19.1. The maximum Gasteiger partial charge on any atom is 0.133 e. The van der Waals surface area contributed by atoms with Gasteiger partial charge in [-0.15, -0.1) is 0 Å². The van der Waals surface area contributed by atoms with Gasteiger partial charge >= 0.3 is 0 Å². The molecule has 2 unspecified atom stereocenters. The van der Waals surface area contributed by atoms with Crippen LogP contribution < -0.4 is 4.74 Å². The molecule has 0 radical (unpaired) electrons. The summed E-state index contributed by atoms with van der Waals surface area (Å²) in [6.07, 6.45) is -0.772. The number of fused-ring (bicyclic) bond motifs is 1. The van der Waals surface area contributed by atoms with Gasteiger partial charge in [-0.1, -0.05) is 35.9 Å². The second kappa shape index (κ2) is 4.67. The quantitative estimate of drug-likeness (QED) is 0.896. The fourth-order valence-corrected chi connectivity index (χ4v) is 2.48. The molecule has 1 heterocycles. The lowest BCUT2D eigenvalue weighted by molar-refractivity contribution is 0.0467. The summed E-state index contributed by atoms with van der Waals surface area (Å²) in [6.45, 7) is 1.87. The number of ether oxygens (including phenoxy) is 1. The molecule has 3 heteroatoms. The van der Waals surface area contributed by atoms with Crippen LogP contribution in [0.1, 0.15) is 22.8 Å². The average Bonchev–Trinajstić information content (AvgIpc) is 2.84. The van der Waals surface area contributed by atoms with Crippen molar-refractivity contribution in [3.63, 3.8) is 0 Å². The van der Waals surface area contributed by atoms with Crippen molar-refractivity contribution in [2.75, 3.05) is 0 Å². The van der Waals surface area contributed by atoms with E-state index < -0.39 is 18.0 Å². The van der Waals surface area contributed by atoms with Gasteiger partial charge in [0, 0.05) is 12.0 Å². The van der Waals surface area contributed by atoms with E-state index in [1.165, 1.54) is 6.07 Å². The van der Waals surface area contributed by atoms with Crippen molar-refractivity contribution in [1.82, 2.24) is 0 Å². The summed E-state index contributed by atoms with van der Waals surface area (Å²) in [7, 11) is 0. The lowest BCUT2D eigenvalue weighted by Crippen LogP contribution is -2.24. The van der Waals surface area contributed by atoms with Crippen molar-refractivity contribution in [3.8, 4) is 5.75 Å². The van der Waals surface area contributed by atoms with Crippen LogP contribution in [0, 0.1) is 12.7 Å². The number of hydrogen-bond acceptors (Lipinski definition) is 2. The Kier molecular flexibility index (Phi) is 2.99. The molecule has 0 aliphatic carbocycles. The predicted molar refractivity (Wildman–Crippen MR) is 70.7 cm³/mol. The SMILES string of the molecule is Cc1ccc(F)c(C(O)C2Cc3ccccc3O2)c1. The van der Waals surface area contributed by atoms with Gasteiger partial charge in [-0.05, 0) is 24.6 Å². The first-order chi connectivity index (χ1) is 9.15. The van der Waals surface area contributed by atoms with E-state index in [2.05, 4.69) is 0 Å². The maximum absolute atomic E-state index is 13.8. The first-order valence-corrected chi connectivity index (χ1v) is 6.34. The van der Waals surface area contributed by atoms with Gasteiger partial charge in [-0.3, -0.25) is 0 Å². The zero-order chi connectivity index (χ0) is 13.4. The molecule has 3 rings (SSSR count). The fourth-order valence-electron chi connectivity index (χ4n) is 2.48. The lowest BCUT2D eigenvalue weighted by atomic mass is 9.98. The van der Waals surface area contributed by atoms with Crippen molar-refractivity contribution in [2.24, 2.45) is 0 Å². The number of para-hydroxylation sites is 1. The predicted octanol–water partition coefficient (Wildman–Crippen LogP) is 3.17. The zero-order valence-electron chi connectivity index (χ0n) is 10.6. The largest absolute Gasteiger partial charge is 0.487 e. The third-order valence-corrected chi connectivity index (χ3v) is 3.49. The molecule has 0 saturated heterocycles. The summed E-state index contributed by atoms with van der Waals surface area (Å²) in [6, 6.07) is 12.4. The molecule has 0 amide bonds. The molecule has 0 saturated carbocycles. The molecule has 0 bridgehead atoms. The van der Waals surface area contributed by atoms with Gasteiger partial charge in [-0.25, -0.2) is 4.39 Å². The molecule has 2 atom stereocenters. The average molecular weight is 258 g/mol. The Balaban J connectivity index is 1.87. The number of aryl methyl sites for hydroxylation is 1. The maximum atomic E-state index is 13.8. The summed E-state index contributed by atoms with van der Waals surface area (Å²) in [4.78, 5) is 0. The number of aliphatic hydroxyl groups is 1. The highest BCUT2D eigenvalue weighted by molar-refractivity contribution is 5.38. The number of aliphatic hydroxyl groups excluding tert-OH is 1. The van der Waals surface area contributed by atoms with E-state index in [1.54, 1.807) is 12.1 Å². The molecule has 0 aromatic heterocycles. The Bertz CT molecular complexity index is 584. The smallest absolute Gasteiger partial charge is 0.133 e. The van der Waals surface area contributed by atoms with Crippen molar-refractivity contribution in [1.29, 1.82) is 0 Å². The minimum Gasteiger partial charge on any atom is -0.487 e. The topological polar surface area (TPSA) is 29.5 Å². The summed E-state index contributed by atoms with van der Waals surface area (Å²) in [5, 5.41) is 10.3. The molecule has 1 N–H and O–H groups in total. The number of rotatable bonds is 2. The summed E-state index contributed by atoms with van der Waals surface area (Å²) >= 11 is 0. The highest BCUT2D eigenvalue weighted by Gasteiger charge is 2.31. The van der Waals surface area contributed by atoms with Crippen LogP contribution in [-0.2, 0) is 6.42 Å². The van der Waals surface area contributed by atoms with Crippen LogP contribution in [0.4, 0.5) is 4.39 Å². The monoisotopic (exact) mass is 258 g/mol. The first kappa shape index (κ1) is 12.2. The van der Waals surface area contributed by atoms with Gasteiger partial charge in [0.15, 0.2) is 0 Å². The summed E-state index contributed by atoms with van der Waals surface area (Å²) < 4.78 is 19.5. The van der Waals surface area contributed by atoms with E-state index in [0.29, 0.717) is 12.0 Å². The van der Waals surface area contributed by atoms with E-state index in [4.69, 9.17) is 4.74 Å². The first-order valence-electron chi connectivity index (χ1n) is 6.34. The van der Waals surface area contributed by atoms with Crippen LogP contribution in [0.25, 0.3) is 0 Å². The third kappa shape index (κ3) is 2.22. The van der Waals surface area contributed by atoms with Crippen molar-refractivity contribution in [2.45, 2.75) is 25.6 Å². The van der Waals surface area contributed by atoms with Crippen molar-refractivity contribution in [3.05, 3.63) is 65.0 Å². The van der Waals surface area contributed by atoms with Gasteiger partial charge in [-0.2, -0.15) is 0 Å². The standard InChI is InChI=1S/C16H15FO2/c1-10-6-7-13(17)12(8-10)16(18)15-9-11-4-2-3-5-14(11)19-15/h2-8,15-16,18H,9H2,1H3. The van der Waals surface area contributed by atoms with Crippen LogP contribution in [-0.4, -0.2) is 11.2 Å². The van der Waals surface area contributed by atoms with Crippen molar-refractivity contribution < 1.29 is 14.2 Å². The van der Waals surface area contributed by atoms with Crippen molar-refractivity contribution >= 4 is 0 Å². The Morgan fingerprint density at radius 3 is 2.84 bits per heavy atom. The van der Waals surface area contributed by atoms with E-state index in [9.17, 15) is 9.50 Å². The van der Waals surface area contributed by atoms with Gasteiger partial charge < -0.3 is 9.84 Å². The minimum atomic E-state index is -0.952. The van der Waals surface area contributed by atoms with Crippen LogP contribution in [0.5, 0.6) is 5.75 Å². The molecule has 98 valence electrons. The minimum absolute atomic E-state index is 0.304. The molecule has 2 aromatic carbocycles. The van der Waals surface area contributed by atoms with Gasteiger partial charge in [0.25, 0.3) is 0 Å². The van der Waals surface area contributed by atoms with Gasteiger partial charge in [0.2, 0.25) is 0 Å². The normalized spacial score (nSPS) is 18.8. The van der Waals surface area contributed by atoms with Crippen LogP contribution in [0.15, 0.2) is 42.5 Å². The Hall–Kier alpha value is -1.87. The Morgan fingerprint density at radius 1 is 1.26 bits per heavy atom. The third-order valence-electron chi connectivity index (χ3n) is 3.49. The van der Waals surface area contributed by atoms with Crippen LogP contribution in [0.3, 0.4) is 0 Å².